The number of alkyl carbamates (subject to hydrolysis) is 1. The van der Waals surface area contributed by atoms with Crippen molar-refractivity contribution in [3.8, 4) is 11.1 Å². The summed E-state index contributed by atoms with van der Waals surface area (Å²) in [5, 5.41) is 14.9. The molecule has 2 aromatic carbocycles. The number of ether oxygens (including phenoxy) is 1. The molecular weight excluding hydrogens is 432 g/mol. The zero-order valence-corrected chi connectivity index (χ0v) is 19.1. The van der Waals surface area contributed by atoms with E-state index < -0.39 is 12.1 Å². The predicted octanol–water partition coefficient (Wildman–Crippen LogP) is 4.06. The summed E-state index contributed by atoms with van der Waals surface area (Å²) in [5.41, 5.74) is 4.43. The van der Waals surface area contributed by atoms with Gasteiger partial charge in [0.15, 0.2) is 0 Å². The lowest BCUT2D eigenvalue weighted by Crippen LogP contribution is -2.51. The van der Waals surface area contributed by atoms with Gasteiger partial charge in [-0.1, -0.05) is 55.0 Å². The molecule has 0 bridgehead atoms. The first-order valence-electron chi connectivity index (χ1n) is 12.1. The Hall–Kier alpha value is -3.35. The third kappa shape index (κ3) is 4.39. The van der Waals surface area contributed by atoms with Crippen molar-refractivity contribution in [2.45, 2.75) is 50.5 Å². The summed E-state index contributed by atoms with van der Waals surface area (Å²) in [7, 11) is 0. The van der Waals surface area contributed by atoms with E-state index >= 15 is 0 Å². The van der Waals surface area contributed by atoms with Crippen LogP contribution in [0.1, 0.15) is 55.6 Å². The second-order valence-corrected chi connectivity index (χ2v) is 9.98. The van der Waals surface area contributed by atoms with Gasteiger partial charge in [-0.05, 0) is 53.4 Å². The Bertz CT molecular complexity index is 1060. The highest BCUT2D eigenvalue weighted by molar-refractivity contribution is 5.81. The van der Waals surface area contributed by atoms with Crippen LogP contribution in [0.4, 0.5) is 4.79 Å². The highest BCUT2D eigenvalue weighted by Gasteiger charge is 2.41. The van der Waals surface area contributed by atoms with Gasteiger partial charge in [0.2, 0.25) is 5.91 Å². The monoisotopic (exact) mass is 462 g/mol. The van der Waals surface area contributed by atoms with Gasteiger partial charge < -0.3 is 20.5 Å². The summed E-state index contributed by atoms with van der Waals surface area (Å²) in [5.74, 6) is -1.00. The summed E-state index contributed by atoms with van der Waals surface area (Å²) in [6.07, 6.45) is 3.49. The van der Waals surface area contributed by atoms with Crippen LogP contribution in [-0.2, 0) is 14.3 Å². The second kappa shape index (κ2) is 9.12. The number of carbonyl (C=O) groups is 3. The van der Waals surface area contributed by atoms with Crippen LogP contribution in [0.5, 0.6) is 0 Å². The van der Waals surface area contributed by atoms with Gasteiger partial charge in [-0.2, -0.15) is 0 Å². The molecule has 7 nitrogen and oxygen atoms in total. The zero-order chi connectivity index (χ0) is 23.7. The summed E-state index contributed by atoms with van der Waals surface area (Å²) in [6, 6.07) is 16.3. The van der Waals surface area contributed by atoms with Crippen LogP contribution >= 0.6 is 0 Å². The zero-order valence-electron chi connectivity index (χ0n) is 19.1. The average Bonchev–Trinajstić information content (AvgIpc) is 3.09. The second-order valence-electron chi connectivity index (χ2n) is 9.98. The molecule has 3 aliphatic carbocycles. The molecule has 0 saturated heterocycles. The minimum absolute atomic E-state index is 0.0164. The van der Waals surface area contributed by atoms with Crippen molar-refractivity contribution in [2.75, 3.05) is 13.2 Å². The lowest BCUT2D eigenvalue weighted by molar-refractivity contribution is -0.142. The lowest BCUT2D eigenvalue weighted by atomic mass is 9.66. The van der Waals surface area contributed by atoms with Crippen LogP contribution < -0.4 is 10.6 Å². The molecule has 2 amide bonds. The molecule has 2 saturated carbocycles. The minimum Gasteiger partial charge on any atom is -0.481 e. The van der Waals surface area contributed by atoms with Crippen LogP contribution in [0, 0.1) is 11.3 Å². The Morgan fingerprint density at radius 1 is 0.971 bits per heavy atom. The molecule has 3 aliphatic rings. The van der Waals surface area contributed by atoms with Crippen LogP contribution in [0.25, 0.3) is 11.1 Å². The fourth-order valence-corrected chi connectivity index (χ4v) is 5.59. The van der Waals surface area contributed by atoms with Crippen molar-refractivity contribution in [2.24, 2.45) is 11.3 Å². The molecule has 3 N–H and O–H groups in total. The number of fused-ring (bicyclic) bond motifs is 3. The number of nitrogens with one attached hydrogen (secondary N) is 2. The molecule has 2 aromatic rings. The van der Waals surface area contributed by atoms with Gasteiger partial charge >= 0.3 is 12.1 Å². The molecule has 0 spiro atoms. The Kier molecular flexibility index (Phi) is 6.02. The predicted molar refractivity (Wildman–Crippen MR) is 126 cm³/mol. The van der Waals surface area contributed by atoms with Crippen molar-refractivity contribution < 1.29 is 24.2 Å². The molecule has 7 heteroatoms. The fourth-order valence-electron chi connectivity index (χ4n) is 5.59. The van der Waals surface area contributed by atoms with E-state index in [0.29, 0.717) is 19.4 Å². The van der Waals surface area contributed by atoms with Crippen LogP contribution in [0.15, 0.2) is 48.5 Å². The van der Waals surface area contributed by atoms with Gasteiger partial charge in [0.05, 0.1) is 6.42 Å². The van der Waals surface area contributed by atoms with Crippen molar-refractivity contribution in [3.63, 3.8) is 0 Å². The van der Waals surface area contributed by atoms with Crippen molar-refractivity contribution in [3.05, 3.63) is 59.7 Å². The fraction of sp³-hybridized carbons (Fsp3) is 0.444. The molecule has 178 valence electrons. The maximum absolute atomic E-state index is 12.5. The summed E-state index contributed by atoms with van der Waals surface area (Å²) in [6.45, 7) is 0.682. The number of hydrogen-bond acceptors (Lipinski definition) is 4. The Morgan fingerprint density at radius 3 is 2.15 bits per heavy atom. The summed E-state index contributed by atoms with van der Waals surface area (Å²) >= 11 is 0. The largest absolute Gasteiger partial charge is 0.481 e. The standard InChI is InChI=1S/C27H30N2O5/c30-24(31)14-27(10-5-11-27)16-28-25(32)17-12-18(13-17)29-26(33)34-15-23-21-8-3-1-6-19(21)20-7-2-4-9-22(20)23/h1-4,6-9,17-18,23H,5,10-16H2,(H,28,32)(H,29,33)(H,30,31). The number of carbonyl (C=O) groups excluding carboxylic acids is 2. The molecule has 34 heavy (non-hydrogen) atoms. The highest BCUT2D eigenvalue weighted by atomic mass is 16.5. The molecule has 0 aliphatic heterocycles. The van der Waals surface area contributed by atoms with Crippen LogP contribution in [0.2, 0.25) is 0 Å². The molecule has 0 unspecified atom stereocenters. The molecule has 2 fully saturated rings. The molecule has 0 heterocycles. The first-order chi connectivity index (χ1) is 16.4. The third-order valence-corrected chi connectivity index (χ3v) is 7.75. The maximum atomic E-state index is 12.5. The molecule has 5 rings (SSSR count). The van der Waals surface area contributed by atoms with E-state index in [1.807, 2.05) is 24.3 Å². The topological polar surface area (TPSA) is 105 Å². The number of carboxylic acids is 1. The van der Waals surface area contributed by atoms with E-state index in [1.165, 1.54) is 22.3 Å². The van der Waals surface area contributed by atoms with Gasteiger partial charge in [-0.15, -0.1) is 0 Å². The van der Waals surface area contributed by atoms with Crippen LogP contribution in [-0.4, -0.2) is 42.3 Å². The molecule has 0 atom stereocenters. The van der Waals surface area contributed by atoms with Gasteiger partial charge in [-0.25, -0.2) is 4.79 Å². The number of hydrogen-bond donors (Lipinski definition) is 3. The Morgan fingerprint density at radius 2 is 1.59 bits per heavy atom. The number of carboxylic acid groups (broad SMARTS) is 1. The third-order valence-electron chi connectivity index (χ3n) is 7.75. The number of amides is 2. The van der Waals surface area contributed by atoms with E-state index in [1.54, 1.807) is 0 Å². The molecule has 0 radical (unpaired) electrons. The van der Waals surface area contributed by atoms with Gasteiger partial charge in [0, 0.05) is 24.4 Å². The maximum Gasteiger partial charge on any atom is 0.407 e. The van der Waals surface area contributed by atoms with E-state index in [-0.39, 0.29) is 42.2 Å². The first-order valence-corrected chi connectivity index (χ1v) is 12.1. The molecular formula is C27H30N2O5. The van der Waals surface area contributed by atoms with Gasteiger partial charge in [0.1, 0.15) is 6.61 Å². The minimum atomic E-state index is -0.815. The van der Waals surface area contributed by atoms with E-state index in [2.05, 4.69) is 34.9 Å². The quantitative estimate of drug-likeness (QED) is 0.549. The number of aliphatic carboxylic acids is 1. The Labute approximate surface area is 198 Å². The van der Waals surface area contributed by atoms with Crippen molar-refractivity contribution in [1.82, 2.24) is 10.6 Å². The van der Waals surface area contributed by atoms with E-state index in [4.69, 9.17) is 9.84 Å². The smallest absolute Gasteiger partial charge is 0.407 e. The summed E-state index contributed by atoms with van der Waals surface area (Å²) < 4.78 is 5.59. The van der Waals surface area contributed by atoms with Crippen LogP contribution in [0.3, 0.4) is 0 Å². The highest BCUT2D eigenvalue weighted by Crippen LogP contribution is 2.45. The molecule has 0 aromatic heterocycles. The van der Waals surface area contributed by atoms with E-state index in [0.717, 1.165) is 19.3 Å². The van der Waals surface area contributed by atoms with Gasteiger partial charge in [-0.3, -0.25) is 9.59 Å². The number of rotatable bonds is 8. The van der Waals surface area contributed by atoms with Gasteiger partial charge in [0.25, 0.3) is 0 Å². The average molecular weight is 463 g/mol. The Balaban J connectivity index is 1.07. The normalized spacial score (nSPS) is 21.9. The summed E-state index contributed by atoms with van der Waals surface area (Å²) in [4.78, 5) is 36.0. The van der Waals surface area contributed by atoms with Crippen molar-refractivity contribution >= 4 is 18.0 Å². The first kappa shape index (κ1) is 22.4. The lowest BCUT2D eigenvalue weighted by Gasteiger charge is -2.42. The number of benzene rings is 2. The van der Waals surface area contributed by atoms with E-state index in [9.17, 15) is 14.4 Å². The van der Waals surface area contributed by atoms with Crippen molar-refractivity contribution in [1.29, 1.82) is 0 Å². The SMILES string of the molecule is O=C(O)CC1(CNC(=O)C2CC(NC(=O)OCC3c4ccccc4-c4ccccc43)C2)CCC1.